The van der Waals surface area contributed by atoms with Gasteiger partial charge in [-0.25, -0.2) is 0 Å². The van der Waals surface area contributed by atoms with E-state index in [1.54, 1.807) is 17.4 Å². The van der Waals surface area contributed by atoms with E-state index in [1.165, 1.54) is 21.5 Å². The van der Waals surface area contributed by atoms with Gasteiger partial charge in [0.1, 0.15) is 0 Å². The highest BCUT2D eigenvalue weighted by Crippen LogP contribution is 2.36. The number of amides is 2. The van der Waals surface area contributed by atoms with Crippen LogP contribution in [-0.4, -0.2) is 49.3 Å². The Hall–Kier alpha value is -2.61. The molecule has 2 aromatic carbocycles. The summed E-state index contributed by atoms with van der Waals surface area (Å²) in [6.07, 6.45) is 1.78. The van der Waals surface area contributed by atoms with Crippen molar-refractivity contribution in [3.63, 3.8) is 0 Å². The fourth-order valence-corrected chi connectivity index (χ4v) is 5.48. The minimum absolute atomic E-state index is 0.316. The van der Waals surface area contributed by atoms with Crippen molar-refractivity contribution in [2.75, 3.05) is 38.1 Å². The van der Waals surface area contributed by atoms with Gasteiger partial charge in [-0.1, -0.05) is 18.2 Å². The van der Waals surface area contributed by atoms with E-state index < -0.39 is 0 Å². The lowest BCUT2D eigenvalue weighted by molar-refractivity contribution is -0.115. The number of anilines is 1. The van der Waals surface area contributed by atoms with Crippen molar-refractivity contribution < 1.29 is 9.59 Å². The highest BCUT2D eigenvalue weighted by molar-refractivity contribution is 8.18. The second-order valence-corrected chi connectivity index (χ2v) is 9.52. The Bertz CT molecular complexity index is 1160. The van der Waals surface area contributed by atoms with Crippen LogP contribution in [0.4, 0.5) is 10.5 Å². The second kappa shape index (κ2) is 7.91. The molecule has 0 aliphatic carbocycles. The molecule has 0 radical (unpaired) electrons. The maximum atomic E-state index is 11.8. The molecular weight excluding hydrogens is 414 g/mol. The minimum atomic E-state index is -0.324. The number of thioether (sulfide) groups is 1. The second-order valence-electron chi connectivity index (χ2n) is 7.59. The van der Waals surface area contributed by atoms with Crippen molar-refractivity contribution >= 4 is 56.1 Å². The third-order valence-corrected chi connectivity index (χ3v) is 7.36. The SMILES string of the molecule is CN1CCN(c2ccc(-c3csc4ccc(C=C5SC(=O)NC5=O)cc34)cc2)CC1. The molecule has 3 aromatic rings. The number of thiophene rings is 1. The van der Waals surface area contributed by atoms with Crippen molar-refractivity contribution in [1.82, 2.24) is 10.2 Å². The molecule has 30 heavy (non-hydrogen) atoms. The molecule has 2 amide bonds. The number of hydrogen-bond donors (Lipinski definition) is 1. The maximum absolute atomic E-state index is 11.8. The smallest absolute Gasteiger partial charge is 0.290 e. The van der Waals surface area contributed by atoms with E-state index in [0.29, 0.717) is 4.91 Å². The van der Waals surface area contributed by atoms with Gasteiger partial charge >= 0.3 is 0 Å². The van der Waals surface area contributed by atoms with Crippen LogP contribution in [0.2, 0.25) is 0 Å². The Balaban J connectivity index is 1.44. The zero-order valence-electron chi connectivity index (χ0n) is 16.6. The molecule has 1 N–H and O–H groups in total. The summed E-state index contributed by atoms with van der Waals surface area (Å²) in [5.41, 5.74) is 4.57. The number of piperazine rings is 1. The van der Waals surface area contributed by atoms with Gasteiger partial charge in [-0.3, -0.25) is 14.9 Å². The lowest BCUT2D eigenvalue weighted by atomic mass is 10.0. The summed E-state index contributed by atoms with van der Waals surface area (Å²) >= 11 is 2.67. The van der Waals surface area contributed by atoms with E-state index in [9.17, 15) is 9.59 Å². The Morgan fingerprint density at radius 3 is 2.47 bits per heavy atom. The number of nitrogens with zero attached hydrogens (tertiary/aromatic N) is 2. The average Bonchev–Trinajstić information content (AvgIpc) is 3.31. The molecule has 0 saturated carbocycles. The van der Waals surface area contributed by atoms with Gasteiger partial charge < -0.3 is 9.80 Å². The van der Waals surface area contributed by atoms with Crippen molar-refractivity contribution in [3.8, 4) is 11.1 Å². The summed E-state index contributed by atoms with van der Waals surface area (Å²) in [6, 6.07) is 15.0. The lowest BCUT2D eigenvalue weighted by Crippen LogP contribution is -2.44. The molecule has 152 valence electrons. The number of benzene rings is 2. The molecule has 0 spiro atoms. The first-order chi connectivity index (χ1) is 14.6. The number of imide groups is 1. The topological polar surface area (TPSA) is 52.6 Å². The van der Waals surface area contributed by atoms with Gasteiger partial charge in [0.25, 0.3) is 11.1 Å². The lowest BCUT2D eigenvalue weighted by Gasteiger charge is -2.34. The van der Waals surface area contributed by atoms with Gasteiger partial charge in [0.05, 0.1) is 4.91 Å². The third-order valence-electron chi connectivity index (χ3n) is 5.58. The number of carbonyl (C=O) groups is 2. The molecule has 5 rings (SSSR count). The van der Waals surface area contributed by atoms with E-state index in [2.05, 4.69) is 63.9 Å². The Kier molecular flexibility index (Phi) is 5.10. The number of hydrogen-bond acceptors (Lipinski definition) is 6. The van der Waals surface area contributed by atoms with Crippen LogP contribution in [0, 0.1) is 0 Å². The summed E-state index contributed by atoms with van der Waals surface area (Å²) in [5, 5.41) is 5.34. The summed E-state index contributed by atoms with van der Waals surface area (Å²) in [5.74, 6) is -0.324. The van der Waals surface area contributed by atoms with Crippen LogP contribution in [0.3, 0.4) is 0 Å². The molecule has 2 saturated heterocycles. The van der Waals surface area contributed by atoms with E-state index in [-0.39, 0.29) is 11.1 Å². The molecule has 5 nitrogen and oxygen atoms in total. The van der Waals surface area contributed by atoms with Crippen molar-refractivity contribution in [3.05, 3.63) is 58.3 Å². The third kappa shape index (κ3) is 3.76. The predicted molar refractivity (Wildman–Crippen MR) is 126 cm³/mol. The zero-order chi connectivity index (χ0) is 20.7. The van der Waals surface area contributed by atoms with E-state index >= 15 is 0 Å². The van der Waals surface area contributed by atoms with Gasteiger partial charge in [0.2, 0.25) is 0 Å². The van der Waals surface area contributed by atoms with Crippen molar-refractivity contribution in [2.45, 2.75) is 0 Å². The van der Waals surface area contributed by atoms with Crippen LogP contribution in [0.15, 0.2) is 52.7 Å². The minimum Gasteiger partial charge on any atom is -0.369 e. The van der Waals surface area contributed by atoms with Gasteiger partial charge in [0, 0.05) is 47.5 Å². The van der Waals surface area contributed by atoms with Crippen molar-refractivity contribution in [2.24, 2.45) is 0 Å². The molecule has 3 heterocycles. The fraction of sp³-hybridized carbons (Fsp3) is 0.217. The molecule has 7 heteroatoms. The number of rotatable bonds is 3. The highest BCUT2D eigenvalue weighted by atomic mass is 32.2. The van der Waals surface area contributed by atoms with Crippen LogP contribution in [0.25, 0.3) is 27.3 Å². The van der Waals surface area contributed by atoms with Crippen LogP contribution in [0.1, 0.15) is 5.56 Å². The quantitative estimate of drug-likeness (QED) is 0.607. The Labute approximate surface area is 183 Å². The van der Waals surface area contributed by atoms with Gasteiger partial charge in [-0.05, 0) is 65.7 Å². The molecule has 2 aliphatic heterocycles. The predicted octanol–water partition coefficient (Wildman–Crippen LogP) is 4.64. The molecule has 0 atom stereocenters. The summed E-state index contributed by atoms with van der Waals surface area (Å²) < 4.78 is 1.20. The molecule has 0 unspecified atom stereocenters. The standard InChI is InChI=1S/C23H21N3O2S2/c1-25-8-10-26(11-9-25)17-5-3-16(4-6-17)19-14-29-20-7-2-15(12-18(19)20)13-21-22(27)24-23(28)30-21/h2-7,12-14H,8-11H2,1H3,(H,24,27,28). The summed E-state index contributed by atoms with van der Waals surface area (Å²) in [4.78, 5) is 28.5. The van der Waals surface area contributed by atoms with Crippen LogP contribution in [-0.2, 0) is 4.79 Å². The number of fused-ring (bicyclic) bond motifs is 1. The monoisotopic (exact) mass is 435 g/mol. The van der Waals surface area contributed by atoms with E-state index in [1.807, 2.05) is 6.07 Å². The largest absolute Gasteiger partial charge is 0.369 e. The summed E-state index contributed by atoms with van der Waals surface area (Å²) in [7, 11) is 2.17. The molecule has 2 aliphatic rings. The number of carbonyl (C=O) groups excluding carboxylic acids is 2. The molecule has 2 fully saturated rings. The average molecular weight is 436 g/mol. The Morgan fingerprint density at radius 2 is 1.77 bits per heavy atom. The zero-order valence-corrected chi connectivity index (χ0v) is 18.2. The highest BCUT2D eigenvalue weighted by Gasteiger charge is 2.25. The van der Waals surface area contributed by atoms with Gasteiger partial charge in [-0.15, -0.1) is 11.3 Å². The van der Waals surface area contributed by atoms with Crippen molar-refractivity contribution in [1.29, 1.82) is 0 Å². The van der Waals surface area contributed by atoms with Gasteiger partial charge in [-0.2, -0.15) is 0 Å². The first-order valence-corrected chi connectivity index (χ1v) is 11.6. The van der Waals surface area contributed by atoms with Crippen LogP contribution < -0.4 is 10.2 Å². The maximum Gasteiger partial charge on any atom is 0.290 e. The number of likely N-dealkylation sites (N-methyl/N-ethyl adjacent to an activating group) is 1. The number of nitrogens with one attached hydrogen (secondary N) is 1. The first-order valence-electron chi connectivity index (χ1n) is 9.87. The fourth-order valence-electron chi connectivity index (χ4n) is 3.85. The first kappa shape index (κ1) is 19.4. The van der Waals surface area contributed by atoms with Crippen LogP contribution in [0.5, 0.6) is 0 Å². The molecular formula is C23H21N3O2S2. The molecule has 1 aromatic heterocycles. The van der Waals surface area contributed by atoms with Crippen LogP contribution >= 0.6 is 23.1 Å². The van der Waals surface area contributed by atoms with E-state index in [4.69, 9.17) is 0 Å². The van der Waals surface area contributed by atoms with Gasteiger partial charge in [0.15, 0.2) is 0 Å². The summed E-state index contributed by atoms with van der Waals surface area (Å²) in [6.45, 7) is 4.31. The Morgan fingerprint density at radius 1 is 1.00 bits per heavy atom. The van der Waals surface area contributed by atoms with E-state index in [0.717, 1.165) is 48.9 Å². The molecule has 0 bridgehead atoms. The normalized spacial score (nSPS) is 19.1.